The lowest BCUT2D eigenvalue weighted by Crippen LogP contribution is -2.32. The number of carbonyl (C=O) groups excluding carboxylic acids is 2. The minimum Gasteiger partial charge on any atom is -0.502 e. The maximum absolute atomic E-state index is 12.9. The van der Waals surface area contributed by atoms with Gasteiger partial charge in [0.15, 0.2) is 11.5 Å². The van der Waals surface area contributed by atoms with Gasteiger partial charge in [0.2, 0.25) is 5.75 Å². The van der Waals surface area contributed by atoms with Crippen molar-refractivity contribution in [2.75, 3.05) is 14.2 Å². The van der Waals surface area contributed by atoms with Crippen molar-refractivity contribution in [3.63, 3.8) is 0 Å². The fraction of sp³-hybridized carbons (Fsp3) is 0.0800. The number of phenols is 1. The van der Waals surface area contributed by atoms with Gasteiger partial charge >= 0.3 is 0 Å². The Kier molecular flexibility index (Phi) is 8.33. The summed E-state index contributed by atoms with van der Waals surface area (Å²) in [7, 11) is 2.75. The van der Waals surface area contributed by atoms with Crippen LogP contribution in [0.5, 0.6) is 17.2 Å². The molecule has 3 N–H and O–H groups in total. The normalized spacial score (nSPS) is 11.1. The fourth-order valence-electron chi connectivity index (χ4n) is 3.02. The van der Waals surface area contributed by atoms with Crippen molar-refractivity contribution in [1.29, 1.82) is 0 Å². The van der Waals surface area contributed by atoms with E-state index in [9.17, 15) is 24.8 Å². The Morgan fingerprint density at radius 3 is 2.14 bits per heavy atom. The number of benzene rings is 3. The van der Waals surface area contributed by atoms with Crippen LogP contribution in [0, 0.1) is 10.1 Å². The Balaban J connectivity index is 1.85. The highest BCUT2D eigenvalue weighted by Gasteiger charge is 2.15. The van der Waals surface area contributed by atoms with Gasteiger partial charge in [0.05, 0.1) is 25.4 Å². The van der Waals surface area contributed by atoms with Gasteiger partial charge in [0.25, 0.3) is 17.5 Å². The monoisotopic (exact) mass is 490 g/mol. The number of rotatable bonds is 9. The molecule has 0 aliphatic carbocycles. The van der Waals surface area contributed by atoms with E-state index in [0.29, 0.717) is 16.7 Å². The number of methoxy groups -OCH3 is 2. The van der Waals surface area contributed by atoms with Crippen LogP contribution in [0.25, 0.3) is 6.08 Å². The second kappa shape index (κ2) is 11.8. The van der Waals surface area contributed by atoms with Gasteiger partial charge in [-0.15, -0.1) is 0 Å². The van der Waals surface area contributed by atoms with E-state index in [1.165, 1.54) is 62.9 Å². The smallest absolute Gasteiger partial charge is 0.287 e. The van der Waals surface area contributed by atoms with Crippen molar-refractivity contribution in [2.45, 2.75) is 0 Å². The third-order valence-electron chi connectivity index (χ3n) is 4.83. The van der Waals surface area contributed by atoms with Crippen molar-refractivity contribution in [2.24, 2.45) is 5.10 Å². The van der Waals surface area contributed by atoms with Gasteiger partial charge in [0.1, 0.15) is 5.70 Å². The van der Waals surface area contributed by atoms with Crippen LogP contribution in [0.2, 0.25) is 0 Å². The number of aromatic hydroxyl groups is 1. The van der Waals surface area contributed by atoms with Crippen LogP contribution in [-0.4, -0.2) is 42.3 Å². The quantitative estimate of drug-likeness (QED) is 0.180. The van der Waals surface area contributed by atoms with E-state index in [1.54, 1.807) is 30.3 Å². The van der Waals surface area contributed by atoms with Crippen LogP contribution >= 0.6 is 0 Å². The number of hydrogen-bond donors (Lipinski definition) is 3. The van der Waals surface area contributed by atoms with Gasteiger partial charge in [0, 0.05) is 23.3 Å². The number of nitro groups is 1. The Labute approximate surface area is 205 Å². The highest BCUT2D eigenvalue weighted by molar-refractivity contribution is 6.05. The molecule has 0 spiro atoms. The molecule has 2 amide bonds. The molecule has 0 unspecified atom stereocenters. The van der Waals surface area contributed by atoms with Crippen molar-refractivity contribution in [3.8, 4) is 17.2 Å². The molecule has 0 saturated carbocycles. The summed E-state index contributed by atoms with van der Waals surface area (Å²) < 4.78 is 10.2. The van der Waals surface area contributed by atoms with E-state index in [4.69, 9.17) is 9.47 Å². The van der Waals surface area contributed by atoms with E-state index in [-0.39, 0.29) is 28.6 Å². The highest BCUT2D eigenvalue weighted by Crippen LogP contribution is 2.36. The van der Waals surface area contributed by atoms with Crippen molar-refractivity contribution in [3.05, 3.63) is 99.2 Å². The first-order valence-corrected chi connectivity index (χ1v) is 10.4. The lowest BCUT2D eigenvalue weighted by Gasteiger charge is -2.10. The predicted molar refractivity (Wildman–Crippen MR) is 132 cm³/mol. The molecule has 0 radical (unpaired) electrons. The summed E-state index contributed by atoms with van der Waals surface area (Å²) in [6.07, 6.45) is 2.66. The molecule has 0 aliphatic heterocycles. The second-order valence-electron chi connectivity index (χ2n) is 7.20. The number of nitrogens with one attached hydrogen (secondary N) is 2. The molecule has 0 saturated heterocycles. The highest BCUT2D eigenvalue weighted by atomic mass is 16.6. The maximum atomic E-state index is 12.9. The number of carbonyl (C=O) groups is 2. The summed E-state index contributed by atoms with van der Waals surface area (Å²) in [4.78, 5) is 35.9. The van der Waals surface area contributed by atoms with Crippen LogP contribution in [0.4, 0.5) is 5.69 Å². The molecule has 0 heterocycles. The summed E-state index contributed by atoms with van der Waals surface area (Å²) in [6, 6.07) is 16.7. The largest absolute Gasteiger partial charge is 0.502 e. The fourth-order valence-corrected chi connectivity index (χ4v) is 3.02. The molecule has 0 bridgehead atoms. The Morgan fingerprint density at radius 1 is 0.972 bits per heavy atom. The van der Waals surface area contributed by atoms with Crippen molar-refractivity contribution < 1.29 is 29.1 Å². The standard InChI is InChI=1S/C25H22N4O7/c1-35-21-13-17(14-22(36-2)23(21)30)15-26-28-25(32)20(27-24(31)18-6-4-3-5-7-18)12-16-8-10-19(11-9-16)29(33)34/h3-15,30H,1-2H3,(H,27,31)(H,28,32)/b20-12?,26-15+. The third kappa shape index (κ3) is 6.44. The topological polar surface area (TPSA) is 152 Å². The molecule has 3 rings (SSSR count). The number of hydrazone groups is 1. The minimum absolute atomic E-state index is 0.115. The van der Waals surface area contributed by atoms with E-state index in [1.807, 2.05) is 0 Å². The van der Waals surface area contributed by atoms with Gasteiger partial charge < -0.3 is 19.9 Å². The number of hydrogen-bond acceptors (Lipinski definition) is 8. The van der Waals surface area contributed by atoms with Crippen LogP contribution < -0.4 is 20.2 Å². The number of ether oxygens (including phenoxy) is 2. The zero-order valence-electron chi connectivity index (χ0n) is 19.3. The molecule has 3 aromatic rings. The zero-order chi connectivity index (χ0) is 26.1. The van der Waals surface area contributed by atoms with Crippen LogP contribution in [-0.2, 0) is 4.79 Å². The SMILES string of the molecule is COc1cc(/C=N/NC(=O)C(=Cc2ccc([N+](=O)[O-])cc2)NC(=O)c2ccccc2)cc(OC)c1O. The summed E-state index contributed by atoms with van der Waals surface area (Å²) in [5.41, 5.74) is 3.29. The second-order valence-corrected chi connectivity index (χ2v) is 7.20. The third-order valence-corrected chi connectivity index (χ3v) is 4.83. The molecule has 36 heavy (non-hydrogen) atoms. The zero-order valence-corrected chi connectivity index (χ0v) is 19.3. The summed E-state index contributed by atoms with van der Waals surface area (Å²) >= 11 is 0. The number of non-ortho nitro benzene ring substituents is 1. The Bertz CT molecular complexity index is 1290. The van der Waals surface area contributed by atoms with E-state index in [0.717, 1.165) is 0 Å². The summed E-state index contributed by atoms with van der Waals surface area (Å²) in [6.45, 7) is 0. The first-order valence-electron chi connectivity index (χ1n) is 10.4. The molecule has 11 nitrogen and oxygen atoms in total. The lowest BCUT2D eigenvalue weighted by atomic mass is 10.1. The molecule has 184 valence electrons. The molecular formula is C25H22N4O7. The van der Waals surface area contributed by atoms with Gasteiger partial charge in [-0.1, -0.05) is 18.2 Å². The van der Waals surface area contributed by atoms with E-state index < -0.39 is 16.7 Å². The van der Waals surface area contributed by atoms with Gasteiger partial charge in [-0.3, -0.25) is 19.7 Å². The Morgan fingerprint density at radius 2 is 1.58 bits per heavy atom. The van der Waals surface area contributed by atoms with Gasteiger partial charge in [-0.2, -0.15) is 5.10 Å². The molecule has 11 heteroatoms. The van der Waals surface area contributed by atoms with Crippen molar-refractivity contribution >= 4 is 29.8 Å². The van der Waals surface area contributed by atoms with Crippen molar-refractivity contribution in [1.82, 2.24) is 10.7 Å². The van der Waals surface area contributed by atoms with Gasteiger partial charge in [-0.05, 0) is 48.0 Å². The molecule has 0 fully saturated rings. The maximum Gasteiger partial charge on any atom is 0.287 e. The number of phenolic OH excluding ortho intramolecular Hbond substituents is 1. The summed E-state index contributed by atoms with van der Waals surface area (Å²) in [5, 5.41) is 27.4. The van der Waals surface area contributed by atoms with E-state index in [2.05, 4.69) is 15.8 Å². The first kappa shape index (κ1) is 25.4. The Hall–Kier alpha value is -5.19. The van der Waals surface area contributed by atoms with Gasteiger partial charge in [-0.25, -0.2) is 5.43 Å². The van der Waals surface area contributed by atoms with Crippen LogP contribution in [0.3, 0.4) is 0 Å². The van der Waals surface area contributed by atoms with Crippen LogP contribution in [0.15, 0.2) is 77.5 Å². The number of nitro benzene ring substituents is 1. The lowest BCUT2D eigenvalue weighted by molar-refractivity contribution is -0.384. The molecule has 0 aliphatic rings. The van der Waals surface area contributed by atoms with Crippen LogP contribution in [0.1, 0.15) is 21.5 Å². The minimum atomic E-state index is -0.744. The average molecular weight is 490 g/mol. The molecule has 3 aromatic carbocycles. The first-order chi connectivity index (χ1) is 17.3. The molecular weight excluding hydrogens is 468 g/mol. The number of nitrogens with zero attached hydrogens (tertiary/aromatic N) is 2. The number of amides is 2. The van der Waals surface area contributed by atoms with E-state index >= 15 is 0 Å². The molecule has 0 aromatic heterocycles. The average Bonchev–Trinajstić information content (AvgIpc) is 2.89. The molecule has 0 atom stereocenters. The predicted octanol–water partition coefficient (Wildman–Crippen LogP) is 3.24. The summed E-state index contributed by atoms with van der Waals surface area (Å²) in [5.74, 6) is -1.16.